The summed E-state index contributed by atoms with van der Waals surface area (Å²) in [7, 11) is 1.58. The molecule has 0 amide bonds. The van der Waals surface area contributed by atoms with Crippen LogP contribution in [0.4, 0.5) is 4.39 Å². The van der Waals surface area contributed by atoms with E-state index in [4.69, 9.17) is 9.47 Å². The number of hydrogen-bond acceptors (Lipinski definition) is 5. The van der Waals surface area contributed by atoms with Crippen molar-refractivity contribution in [3.05, 3.63) is 81.9 Å². The second-order valence-corrected chi connectivity index (χ2v) is 9.28. The molecule has 0 aromatic heterocycles. The molecule has 0 N–H and O–H groups in total. The van der Waals surface area contributed by atoms with Crippen molar-refractivity contribution in [2.24, 2.45) is 0 Å². The van der Waals surface area contributed by atoms with Crippen molar-refractivity contribution in [2.75, 3.05) is 13.7 Å². The van der Waals surface area contributed by atoms with Gasteiger partial charge in [-0.05, 0) is 68.0 Å². The van der Waals surface area contributed by atoms with Gasteiger partial charge in [0.25, 0.3) is 0 Å². The number of hydrogen-bond donors (Lipinski definition) is 0. The third-order valence-corrected chi connectivity index (χ3v) is 7.23. The van der Waals surface area contributed by atoms with Crippen LogP contribution in [0.1, 0.15) is 62.5 Å². The second-order valence-electron chi connectivity index (χ2n) is 9.28. The van der Waals surface area contributed by atoms with Crippen molar-refractivity contribution in [3.63, 3.8) is 0 Å². The molecule has 0 saturated carbocycles. The number of nitrogens with zero attached hydrogens (tertiary/aromatic N) is 1. The number of allylic oxidation sites excluding steroid dienone is 4. The van der Waals surface area contributed by atoms with Gasteiger partial charge in [-0.1, -0.05) is 18.2 Å². The Morgan fingerprint density at radius 2 is 1.51 bits per heavy atom. The summed E-state index contributed by atoms with van der Waals surface area (Å²) in [5.74, 6) is 0.703. The number of halogens is 1. The maximum Gasteiger partial charge on any atom is 0.161 e. The van der Waals surface area contributed by atoms with Crippen molar-refractivity contribution in [1.29, 1.82) is 0 Å². The monoisotopic (exact) mass is 475 g/mol. The van der Waals surface area contributed by atoms with Crippen LogP contribution >= 0.6 is 0 Å². The Bertz CT molecular complexity index is 1180. The van der Waals surface area contributed by atoms with Crippen LogP contribution < -0.4 is 9.47 Å². The molecule has 2 aliphatic carbocycles. The molecule has 0 fully saturated rings. The van der Waals surface area contributed by atoms with Gasteiger partial charge in [-0.15, -0.1) is 0 Å². The van der Waals surface area contributed by atoms with Crippen LogP contribution in [-0.2, 0) is 16.2 Å². The van der Waals surface area contributed by atoms with Gasteiger partial charge in [0.05, 0.1) is 7.11 Å². The Labute approximate surface area is 205 Å². The standard InChI is InChI=1S/C29H30FNO4/c1-3-31-21-6-4-8-23(32)28(21)27(29-22(31)7-5-9-24(29)33)19-12-15-25(26(16-19)34-2)35-17-18-10-13-20(30)14-11-18/h10-16,27H,3-9,17H2,1-2H3. The molecule has 182 valence electrons. The van der Waals surface area contributed by atoms with Crippen LogP contribution in [0.2, 0.25) is 0 Å². The first-order valence-corrected chi connectivity index (χ1v) is 12.4. The number of carbonyl (C=O) groups excluding carboxylic acids is 2. The van der Waals surface area contributed by atoms with E-state index in [1.165, 1.54) is 12.1 Å². The van der Waals surface area contributed by atoms with Crippen molar-refractivity contribution in [2.45, 2.75) is 58.0 Å². The summed E-state index contributed by atoms with van der Waals surface area (Å²) in [6.45, 7) is 3.11. The SMILES string of the molecule is CCN1C2=C(C(=O)CCC2)C(c2ccc(OCc3ccc(F)cc3)c(OC)c2)C2=C1CCCC2=O. The second kappa shape index (κ2) is 9.68. The summed E-state index contributed by atoms with van der Waals surface area (Å²) in [5, 5.41) is 0. The number of rotatable bonds is 6. The molecule has 6 heteroatoms. The zero-order valence-electron chi connectivity index (χ0n) is 20.2. The highest BCUT2D eigenvalue weighted by molar-refractivity contribution is 6.06. The maximum atomic E-state index is 13.3. The molecule has 2 aromatic carbocycles. The van der Waals surface area contributed by atoms with Gasteiger partial charge in [-0.2, -0.15) is 0 Å². The predicted octanol–water partition coefficient (Wildman–Crippen LogP) is 5.85. The highest BCUT2D eigenvalue weighted by Gasteiger charge is 2.43. The summed E-state index contributed by atoms with van der Waals surface area (Å²) >= 11 is 0. The van der Waals surface area contributed by atoms with E-state index in [0.29, 0.717) is 24.3 Å². The van der Waals surface area contributed by atoms with Gasteiger partial charge < -0.3 is 14.4 Å². The van der Waals surface area contributed by atoms with Gasteiger partial charge in [0.1, 0.15) is 12.4 Å². The van der Waals surface area contributed by atoms with Gasteiger partial charge in [-0.3, -0.25) is 9.59 Å². The Balaban J connectivity index is 1.54. The van der Waals surface area contributed by atoms with E-state index in [1.54, 1.807) is 19.2 Å². The summed E-state index contributed by atoms with van der Waals surface area (Å²) in [4.78, 5) is 28.7. The lowest BCUT2D eigenvalue weighted by Crippen LogP contribution is -2.39. The van der Waals surface area contributed by atoms with E-state index in [0.717, 1.165) is 65.9 Å². The Morgan fingerprint density at radius 3 is 2.09 bits per heavy atom. The Kier molecular flexibility index (Phi) is 6.46. The summed E-state index contributed by atoms with van der Waals surface area (Å²) in [6, 6.07) is 11.8. The normalized spacial score (nSPS) is 18.5. The minimum Gasteiger partial charge on any atom is -0.493 e. The minimum atomic E-state index is -0.372. The fourth-order valence-electron chi connectivity index (χ4n) is 5.66. The molecule has 5 nitrogen and oxygen atoms in total. The van der Waals surface area contributed by atoms with Crippen molar-refractivity contribution >= 4 is 11.6 Å². The van der Waals surface area contributed by atoms with Crippen molar-refractivity contribution < 1.29 is 23.5 Å². The molecule has 0 saturated heterocycles. The number of benzene rings is 2. The van der Waals surface area contributed by atoms with Crippen LogP contribution in [0.15, 0.2) is 65.0 Å². The van der Waals surface area contributed by atoms with Crippen LogP contribution in [0.3, 0.4) is 0 Å². The molecule has 5 rings (SSSR count). The largest absolute Gasteiger partial charge is 0.493 e. The Morgan fingerprint density at radius 1 is 0.886 bits per heavy atom. The molecule has 3 aliphatic rings. The minimum absolute atomic E-state index is 0.134. The third-order valence-electron chi connectivity index (χ3n) is 7.23. The topological polar surface area (TPSA) is 55.8 Å². The van der Waals surface area contributed by atoms with E-state index in [-0.39, 0.29) is 29.9 Å². The summed E-state index contributed by atoms with van der Waals surface area (Å²) in [5.41, 5.74) is 5.42. The summed E-state index contributed by atoms with van der Waals surface area (Å²) < 4.78 is 24.8. The van der Waals surface area contributed by atoms with Crippen molar-refractivity contribution in [3.8, 4) is 11.5 Å². The average molecular weight is 476 g/mol. The highest BCUT2D eigenvalue weighted by atomic mass is 19.1. The maximum absolute atomic E-state index is 13.3. The van der Waals surface area contributed by atoms with Gasteiger partial charge >= 0.3 is 0 Å². The van der Waals surface area contributed by atoms with E-state index in [2.05, 4.69) is 11.8 Å². The Hall–Kier alpha value is -3.41. The van der Waals surface area contributed by atoms with E-state index < -0.39 is 0 Å². The van der Waals surface area contributed by atoms with Gasteiger partial charge in [-0.25, -0.2) is 4.39 Å². The molecule has 2 aromatic rings. The van der Waals surface area contributed by atoms with E-state index in [9.17, 15) is 14.0 Å². The first-order chi connectivity index (χ1) is 17.0. The number of ether oxygens (including phenoxy) is 2. The summed E-state index contributed by atoms with van der Waals surface area (Å²) in [6.07, 6.45) is 4.42. The molecule has 1 aliphatic heterocycles. The van der Waals surface area contributed by atoms with E-state index >= 15 is 0 Å². The van der Waals surface area contributed by atoms with Crippen LogP contribution in [-0.4, -0.2) is 30.1 Å². The number of Topliss-reactive ketones (excluding diaryl/α,β-unsaturated/α-hetero) is 2. The average Bonchev–Trinajstić information content (AvgIpc) is 2.87. The van der Waals surface area contributed by atoms with Gasteiger partial charge in [0.15, 0.2) is 23.1 Å². The smallest absolute Gasteiger partial charge is 0.161 e. The molecule has 0 bridgehead atoms. The van der Waals surface area contributed by atoms with Crippen molar-refractivity contribution in [1.82, 2.24) is 4.90 Å². The zero-order chi connectivity index (χ0) is 24.5. The van der Waals surface area contributed by atoms with E-state index in [1.807, 2.05) is 18.2 Å². The molecule has 1 heterocycles. The predicted molar refractivity (Wildman–Crippen MR) is 131 cm³/mol. The van der Waals surface area contributed by atoms with Crippen LogP contribution in [0.25, 0.3) is 0 Å². The molecule has 0 spiro atoms. The zero-order valence-corrected chi connectivity index (χ0v) is 20.2. The van der Waals surface area contributed by atoms with Crippen LogP contribution in [0, 0.1) is 5.82 Å². The van der Waals surface area contributed by atoms with Gasteiger partial charge in [0, 0.05) is 47.8 Å². The lowest BCUT2D eigenvalue weighted by atomic mass is 9.71. The number of carbonyl (C=O) groups is 2. The fourth-order valence-corrected chi connectivity index (χ4v) is 5.66. The molecule has 0 radical (unpaired) electrons. The lowest BCUT2D eigenvalue weighted by molar-refractivity contribution is -0.117. The third kappa shape index (κ3) is 4.26. The molecule has 0 unspecified atom stereocenters. The first-order valence-electron chi connectivity index (χ1n) is 12.4. The van der Waals surface area contributed by atoms with Gasteiger partial charge in [0.2, 0.25) is 0 Å². The number of ketones is 2. The quantitative estimate of drug-likeness (QED) is 0.525. The first kappa shape index (κ1) is 23.3. The molecule has 0 atom stereocenters. The molecule has 35 heavy (non-hydrogen) atoms. The fraction of sp³-hybridized carbons (Fsp3) is 0.379. The van der Waals surface area contributed by atoms with Crippen LogP contribution in [0.5, 0.6) is 11.5 Å². The highest BCUT2D eigenvalue weighted by Crippen LogP contribution is 2.49. The molecular formula is C29H30FNO4. The lowest BCUT2D eigenvalue weighted by Gasteiger charge is -2.43. The number of methoxy groups -OCH3 is 1. The molecular weight excluding hydrogens is 445 g/mol.